The Hall–Kier alpha value is 0.0600. The second-order valence-corrected chi connectivity index (χ2v) is 4.40. The highest BCUT2D eigenvalue weighted by Gasteiger charge is 2.22. The van der Waals surface area contributed by atoms with Gasteiger partial charge in [0.2, 0.25) is 0 Å². The molecule has 0 spiro atoms. The lowest BCUT2D eigenvalue weighted by Gasteiger charge is -2.30. The zero-order valence-electron chi connectivity index (χ0n) is 9.77. The fraction of sp³-hybridized carbons (Fsp3) is 1.00. The summed E-state index contributed by atoms with van der Waals surface area (Å²) in [4.78, 5) is 0. The molecule has 0 aliphatic heterocycles. The van der Waals surface area contributed by atoms with Crippen LogP contribution in [0.15, 0.2) is 0 Å². The molecule has 0 amide bonds. The van der Waals surface area contributed by atoms with E-state index in [0.29, 0.717) is 12.0 Å². The topological polar surface area (TPSA) is 26.3 Å². The van der Waals surface area contributed by atoms with Crippen LogP contribution in [0.1, 0.15) is 59.3 Å². The van der Waals surface area contributed by atoms with Gasteiger partial charge in [-0.2, -0.15) is 0 Å². The third kappa shape index (κ3) is 5.07. The SMILES string of the molecule is CCC(CC)(CC)CCCCO[PH+]=O. The van der Waals surface area contributed by atoms with Gasteiger partial charge in [0.05, 0.1) is 0 Å². The molecule has 1 unspecified atom stereocenters. The smallest absolute Gasteiger partial charge is 0.148 e. The molecule has 0 rings (SSSR count). The summed E-state index contributed by atoms with van der Waals surface area (Å²) in [6.45, 7) is 7.49. The van der Waals surface area contributed by atoms with Crippen LogP contribution in [0.3, 0.4) is 0 Å². The van der Waals surface area contributed by atoms with Crippen LogP contribution in [-0.4, -0.2) is 6.61 Å². The first-order chi connectivity index (χ1) is 6.74. The van der Waals surface area contributed by atoms with E-state index < -0.39 is 8.69 Å². The van der Waals surface area contributed by atoms with Crippen LogP contribution in [0.2, 0.25) is 0 Å². The van der Waals surface area contributed by atoms with E-state index in [2.05, 4.69) is 20.8 Å². The maximum Gasteiger partial charge on any atom is 0.494 e. The quantitative estimate of drug-likeness (QED) is 0.426. The largest absolute Gasteiger partial charge is 0.494 e. The Morgan fingerprint density at radius 2 is 1.64 bits per heavy atom. The highest BCUT2D eigenvalue weighted by Crippen LogP contribution is 2.35. The molecule has 0 aromatic carbocycles. The molecule has 0 radical (unpaired) electrons. The lowest BCUT2D eigenvalue weighted by molar-refractivity contribution is 0.213. The molecule has 0 fully saturated rings. The van der Waals surface area contributed by atoms with Gasteiger partial charge in [0, 0.05) is 0 Å². The van der Waals surface area contributed by atoms with Crippen molar-refractivity contribution in [3.05, 3.63) is 0 Å². The van der Waals surface area contributed by atoms with Crippen molar-refractivity contribution in [3.63, 3.8) is 0 Å². The Balaban J connectivity index is 3.65. The van der Waals surface area contributed by atoms with Crippen LogP contribution in [-0.2, 0) is 9.09 Å². The Kier molecular flexibility index (Phi) is 8.41. The van der Waals surface area contributed by atoms with Crippen LogP contribution in [0.4, 0.5) is 0 Å². The van der Waals surface area contributed by atoms with E-state index in [-0.39, 0.29) is 0 Å². The molecule has 0 heterocycles. The summed E-state index contributed by atoms with van der Waals surface area (Å²) >= 11 is 0. The van der Waals surface area contributed by atoms with E-state index in [4.69, 9.17) is 4.52 Å². The first-order valence-corrected chi connectivity index (χ1v) is 6.55. The van der Waals surface area contributed by atoms with Gasteiger partial charge in [0.25, 0.3) is 0 Å². The van der Waals surface area contributed by atoms with Gasteiger partial charge in [0.1, 0.15) is 6.61 Å². The van der Waals surface area contributed by atoms with Crippen molar-refractivity contribution in [2.24, 2.45) is 5.41 Å². The lowest BCUT2D eigenvalue weighted by atomic mass is 9.76. The second kappa shape index (κ2) is 8.38. The van der Waals surface area contributed by atoms with E-state index in [1.54, 1.807) is 0 Å². The number of unbranched alkanes of at least 4 members (excludes halogenated alkanes) is 1. The number of rotatable bonds is 9. The van der Waals surface area contributed by atoms with Crippen molar-refractivity contribution in [1.29, 1.82) is 0 Å². The second-order valence-electron chi connectivity index (χ2n) is 3.95. The Morgan fingerprint density at radius 1 is 1.07 bits per heavy atom. The van der Waals surface area contributed by atoms with Gasteiger partial charge in [-0.15, -0.1) is 4.52 Å². The molecule has 0 saturated carbocycles. The van der Waals surface area contributed by atoms with Crippen molar-refractivity contribution in [3.8, 4) is 0 Å². The minimum atomic E-state index is -0.593. The summed E-state index contributed by atoms with van der Waals surface area (Å²) in [5.41, 5.74) is 0.541. The molecular formula is C11H24O2P+. The van der Waals surface area contributed by atoms with Crippen LogP contribution in [0, 0.1) is 5.41 Å². The fourth-order valence-electron chi connectivity index (χ4n) is 2.00. The van der Waals surface area contributed by atoms with E-state index >= 15 is 0 Å². The average Bonchev–Trinajstić information content (AvgIpc) is 2.24. The zero-order chi connectivity index (χ0) is 10.9. The van der Waals surface area contributed by atoms with Crippen LogP contribution >= 0.6 is 8.69 Å². The van der Waals surface area contributed by atoms with Gasteiger partial charge in [-0.3, -0.25) is 0 Å². The molecule has 0 aliphatic carbocycles. The van der Waals surface area contributed by atoms with Gasteiger partial charge in [-0.05, 0) is 22.8 Å². The van der Waals surface area contributed by atoms with Crippen molar-refractivity contribution < 1.29 is 9.09 Å². The van der Waals surface area contributed by atoms with Gasteiger partial charge in [-0.1, -0.05) is 46.5 Å². The molecular weight excluding hydrogens is 195 g/mol. The van der Waals surface area contributed by atoms with E-state index in [9.17, 15) is 4.57 Å². The predicted octanol–water partition coefficient (Wildman–Crippen LogP) is 4.33. The third-order valence-electron chi connectivity index (χ3n) is 3.51. The van der Waals surface area contributed by atoms with Crippen molar-refractivity contribution in [2.45, 2.75) is 59.3 Å². The summed E-state index contributed by atoms with van der Waals surface area (Å²) in [5, 5.41) is 0. The highest BCUT2D eigenvalue weighted by molar-refractivity contribution is 7.17. The average molecular weight is 219 g/mol. The standard InChI is InChI=1S/C11H24O2P/c1-4-11(5-2,6-3)9-7-8-10-13-14-12/h14H,4-10H2,1-3H3/q+1. The third-order valence-corrected chi connectivity index (χ3v) is 3.83. The maximum atomic E-state index is 10.1. The Labute approximate surface area is 89.7 Å². The van der Waals surface area contributed by atoms with Gasteiger partial charge >= 0.3 is 8.69 Å². The minimum Gasteiger partial charge on any atom is -0.148 e. The van der Waals surface area contributed by atoms with E-state index in [0.717, 1.165) is 6.42 Å². The summed E-state index contributed by atoms with van der Waals surface area (Å²) < 4.78 is 14.9. The normalized spacial score (nSPS) is 12.2. The lowest BCUT2D eigenvalue weighted by Crippen LogP contribution is -2.17. The van der Waals surface area contributed by atoms with Crippen LogP contribution < -0.4 is 0 Å². The van der Waals surface area contributed by atoms with Crippen LogP contribution in [0.25, 0.3) is 0 Å². The molecule has 3 heteroatoms. The minimum absolute atomic E-state index is 0.541. The monoisotopic (exact) mass is 219 g/mol. The Bertz CT molecular complexity index is 136. The molecule has 1 atom stereocenters. The molecule has 84 valence electrons. The number of hydrogen-bond acceptors (Lipinski definition) is 2. The van der Waals surface area contributed by atoms with Crippen molar-refractivity contribution >= 4 is 8.69 Å². The molecule has 14 heavy (non-hydrogen) atoms. The summed E-state index contributed by atoms with van der Waals surface area (Å²) in [6, 6.07) is 0. The van der Waals surface area contributed by atoms with Gasteiger partial charge in [0.15, 0.2) is 0 Å². The van der Waals surface area contributed by atoms with E-state index in [1.807, 2.05) is 0 Å². The van der Waals surface area contributed by atoms with Crippen molar-refractivity contribution in [1.82, 2.24) is 0 Å². The fourth-order valence-corrected chi connectivity index (χ4v) is 2.22. The summed E-state index contributed by atoms with van der Waals surface area (Å²) in [7, 11) is -0.593. The van der Waals surface area contributed by atoms with E-state index in [1.165, 1.54) is 32.1 Å². The molecule has 0 N–H and O–H groups in total. The highest BCUT2D eigenvalue weighted by atomic mass is 31.1. The zero-order valence-corrected chi connectivity index (χ0v) is 10.8. The first-order valence-electron chi connectivity index (χ1n) is 5.73. The molecule has 2 nitrogen and oxygen atoms in total. The molecule has 0 aromatic heterocycles. The molecule has 0 saturated heterocycles. The van der Waals surface area contributed by atoms with Gasteiger partial charge < -0.3 is 0 Å². The summed E-state index contributed by atoms with van der Waals surface area (Å²) in [6.07, 6.45) is 7.32. The molecule has 0 aliphatic rings. The maximum absolute atomic E-state index is 10.1. The van der Waals surface area contributed by atoms with Crippen LogP contribution in [0.5, 0.6) is 0 Å². The summed E-state index contributed by atoms with van der Waals surface area (Å²) in [5.74, 6) is 0. The van der Waals surface area contributed by atoms with Gasteiger partial charge in [-0.25, -0.2) is 0 Å². The molecule has 0 bridgehead atoms. The Morgan fingerprint density at radius 3 is 2.07 bits per heavy atom. The number of hydrogen-bond donors (Lipinski definition) is 0. The molecule has 0 aromatic rings. The predicted molar refractivity (Wildman–Crippen MR) is 62.1 cm³/mol. The first kappa shape index (κ1) is 14.1. The van der Waals surface area contributed by atoms with Crippen molar-refractivity contribution in [2.75, 3.05) is 6.61 Å².